The van der Waals surface area contributed by atoms with Crippen molar-refractivity contribution in [3.63, 3.8) is 0 Å². The van der Waals surface area contributed by atoms with Crippen molar-refractivity contribution in [2.45, 2.75) is 38.3 Å². The Morgan fingerprint density at radius 3 is 2.87 bits per heavy atom. The minimum atomic E-state index is -0.170. The number of aromatic nitrogens is 6. The number of carbonyl (C=O) groups is 1. The third kappa shape index (κ3) is 3.30. The van der Waals surface area contributed by atoms with Crippen LogP contribution in [0.4, 0.5) is 0 Å². The molecule has 1 aliphatic heterocycles. The number of carbonyl (C=O) groups excluding carboxylic acids is 1. The lowest BCUT2D eigenvalue weighted by Crippen LogP contribution is -2.40. The zero-order valence-electron chi connectivity index (χ0n) is 17.7. The van der Waals surface area contributed by atoms with Crippen molar-refractivity contribution < 1.29 is 4.79 Å². The lowest BCUT2D eigenvalue weighted by Gasteiger charge is -2.35. The molecule has 1 atom stereocenters. The van der Waals surface area contributed by atoms with Gasteiger partial charge in [0.05, 0.1) is 29.6 Å². The van der Waals surface area contributed by atoms with E-state index in [1.807, 2.05) is 30.1 Å². The van der Waals surface area contributed by atoms with Crippen LogP contribution in [0.3, 0.4) is 0 Å². The van der Waals surface area contributed by atoms with Crippen LogP contribution in [0.2, 0.25) is 0 Å². The third-order valence-electron chi connectivity index (χ3n) is 6.23. The molecule has 3 aromatic heterocycles. The quantitative estimate of drug-likeness (QED) is 0.506. The predicted octanol–water partition coefficient (Wildman–Crippen LogP) is 2.16. The smallest absolute Gasteiger partial charge is 0.264 e. The van der Waals surface area contributed by atoms with Crippen molar-refractivity contribution in [3.8, 4) is 0 Å². The summed E-state index contributed by atoms with van der Waals surface area (Å²) in [6.45, 7) is 1.00. The number of imidazole rings is 1. The summed E-state index contributed by atoms with van der Waals surface area (Å²) in [5.41, 5.74) is 2.39. The van der Waals surface area contributed by atoms with E-state index in [1.54, 1.807) is 11.7 Å². The molecule has 1 aliphatic rings. The van der Waals surface area contributed by atoms with Gasteiger partial charge in [0.1, 0.15) is 11.2 Å². The largest absolute Gasteiger partial charge is 0.332 e. The van der Waals surface area contributed by atoms with Crippen LogP contribution in [0.15, 0.2) is 41.6 Å². The fourth-order valence-corrected chi connectivity index (χ4v) is 4.55. The summed E-state index contributed by atoms with van der Waals surface area (Å²) in [6, 6.07) is 7.99. The molecule has 0 spiro atoms. The van der Waals surface area contributed by atoms with E-state index in [0.717, 1.165) is 36.1 Å². The molecular formula is C22H25N7O2. The Balaban J connectivity index is 1.38. The molecule has 1 aromatic carbocycles. The Bertz CT molecular complexity index is 1330. The van der Waals surface area contributed by atoms with Gasteiger partial charge < -0.3 is 9.47 Å². The van der Waals surface area contributed by atoms with Gasteiger partial charge in [-0.2, -0.15) is 5.10 Å². The Hall–Kier alpha value is -3.49. The maximum absolute atomic E-state index is 13.2. The minimum absolute atomic E-state index is 0.0370. The van der Waals surface area contributed by atoms with Crippen LogP contribution in [0.5, 0.6) is 0 Å². The van der Waals surface area contributed by atoms with E-state index in [9.17, 15) is 9.59 Å². The summed E-state index contributed by atoms with van der Waals surface area (Å²) >= 11 is 0. The highest BCUT2D eigenvalue weighted by molar-refractivity contribution is 5.78. The van der Waals surface area contributed by atoms with Gasteiger partial charge in [-0.05, 0) is 31.4 Å². The van der Waals surface area contributed by atoms with E-state index in [1.165, 1.54) is 17.1 Å². The first-order chi connectivity index (χ1) is 15.0. The van der Waals surface area contributed by atoms with Crippen LogP contribution in [0, 0.1) is 0 Å². The Morgan fingerprint density at radius 2 is 2.03 bits per heavy atom. The maximum atomic E-state index is 13.2. The molecule has 1 saturated heterocycles. The number of hydrogen-bond acceptors (Lipinski definition) is 5. The van der Waals surface area contributed by atoms with Crippen molar-refractivity contribution in [3.05, 3.63) is 53.0 Å². The average Bonchev–Trinajstić information content (AvgIpc) is 3.34. The second kappa shape index (κ2) is 7.64. The van der Waals surface area contributed by atoms with Crippen molar-refractivity contribution in [2.75, 3.05) is 6.54 Å². The number of piperidine rings is 1. The van der Waals surface area contributed by atoms with Gasteiger partial charge in [0.15, 0.2) is 5.65 Å². The van der Waals surface area contributed by atoms with Crippen molar-refractivity contribution in [1.29, 1.82) is 0 Å². The number of amides is 1. The fraction of sp³-hybridized carbons (Fsp3) is 0.409. The summed E-state index contributed by atoms with van der Waals surface area (Å²) in [5.74, 6) is 0.958. The predicted molar refractivity (Wildman–Crippen MR) is 116 cm³/mol. The van der Waals surface area contributed by atoms with Gasteiger partial charge >= 0.3 is 0 Å². The van der Waals surface area contributed by atoms with Crippen LogP contribution in [-0.4, -0.2) is 46.2 Å². The molecule has 0 radical (unpaired) electrons. The number of fused-ring (bicyclic) bond motifs is 2. The number of benzene rings is 1. The number of aryl methyl sites for hydroxylation is 3. The van der Waals surface area contributed by atoms with Crippen molar-refractivity contribution in [2.24, 2.45) is 14.1 Å². The van der Waals surface area contributed by atoms with Crippen LogP contribution in [0.1, 0.15) is 37.5 Å². The third-order valence-corrected chi connectivity index (χ3v) is 6.23. The van der Waals surface area contributed by atoms with Gasteiger partial charge in [-0.25, -0.2) is 9.97 Å². The highest BCUT2D eigenvalue weighted by Gasteiger charge is 2.31. The SMILES string of the molecule is Cn1ncc2c(=O)n(CCC(=O)N3CCCC[C@@H]3c3nc4ccccc4n3C)cnc21. The highest BCUT2D eigenvalue weighted by Crippen LogP contribution is 2.32. The first kappa shape index (κ1) is 19.5. The molecule has 0 unspecified atom stereocenters. The number of nitrogens with zero attached hydrogens (tertiary/aromatic N) is 7. The molecule has 9 nitrogen and oxygen atoms in total. The fourth-order valence-electron chi connectivity index (χ4n) is 4.55. The summed E-state index contributed by atoms with van der Waals surface area (Å²) < 4.78 is 5.16. The van der Waals surface area contributed by atoms with Gasteiger partial charge in [0.25, 0.3) is 5.56 Å². The number of rotatable bonds is 4. The second-order valence-corrected chi connectivity index (χ2v) is 8.12. The van der Waals surface area contributed by atoms with Gasteiger partial charge in [-0.15, -0.1) is 0 Å². The molecule has 5 rings (SSSR count). The van der Waals surface area contributed by atoms with E-state index < -0.39 is 0 Å². The van der Waals surface area contributed by atoms with E-state index in [4.69, 9.17) is 4.98 Å². The van der Waals surface area contributed by atoms with E-state index >= 15 is 0 Å². The Labute approximate surface area is 178 Å². The normalized spacial score (nSPS) is 17.0. The highest BCUT2D eigenvalue weighted by atomic mass is 16.2. The number of para-hydroxylation sites is 2. The van der Waals surface area contributed by atoms with Gasteiger partial charge in [0, 0.05) is 33.6 Å². The molecule has 31 heavy (non-hydrogen) atoms. The molecule has 0 saturated carbocycles. The van der Waals surface area contributed by atoms with Crippen LogP contribution < -0.4 is 5.56 Å². The lowest BCUT2D eigenvalue weighted by molar-refractivity contribution is -0.135. The van der Waals surface area contributed by atoms with Gasteiger partial charge in [-0.1, -0.05) is 12.1 Å². The topological polar surface area (TPSA) is 90.8 Å². The minimum Gasteiger partial charge on any atom is -0.332 e. The van der Waals surface area contributed by atoms with Crippen molar-refractivity contribution in [1.82, 2.24) is 33.8 Å². The number of hydrogen-bond donors (Lipinski definition) is 0. The molecule has 9 heteroatoms. The van der Waals surface area contributed by atoms with Gasteiger partial charge in [-0.3, -0.25) is 18.8 Å². The van der Waals surface area contributed by atoms with E-state index in [0.29, 0.717) is 24.1 Å². The van der Waals surface area contributed by atoms with Crippen LogP contribution in [-0.2, 0) is 25.4 Å². The molecule has 0 bridgehead atoms. The van der Waals surface area contributed by atoms with E-state index in [-0.39, 0.29) is 23.9 Å². The second-order valence-electron chi connectivity index (χ2n) is 8.12. The average molecular weight is 419 g/mol. The standard InChI is InChI=1S/C22H25N7O2/c1-26-17-8-4-3-7-16(17)25-21(26)18-9-5-6-11-29(18)19(30)10-12-28-14-23-20-15(22(28)31)13-24-27(20)2/h3-4,7-8,13-14,18H,5-6,9-12H2,1-2H3/t18-/m1/s1. The Kier molecular flexibility index (Phi) is 4.80. The molecule has 4 heterocycles. The van der Waals surface area contributed by atoms with E-state index in [2.05, 4.69) is 20.7 Å². The van der Waals surface area contributed by atoms with Crippen molar-refractivity contribution >= 4 is 28.0 Å². The molecule has 0 aliphatic carbocycles. The monoisotopic (exact) mass is 419 g/mol. The lowest BCUT2D eigenvalue weighted by atomic mass is 10.0. The molecule has 1 amide bonds. The molecular weight excluding hydrogens is 394 g/mol. The molecule has 160 valence electrons. The molecule has 0 N–H and O–H groups in total. The zero-order valence-corrected chi connectivity index (χ0v) is 17.7. The van der Waals surface area contributed by atoms with Crippen LogP contribution in [0.25, 0.3) is 22.1 Å². The zero-order chi connectivity index (χ0) is 21.5. The molecule has 1 fully saturated rings. The molecule has 4 aromatic rings. The van der Waals surface area contributed by atoms with Crippen LogP contribution >= 0.6 is 0 Å². The maximum Gasteiger partial charge on any atom is 0.264 e. The first-order valence-electron chi connectivity index (χ1n) is 10.6. The Morgan fingerprint density at radius 1 is 1.19 bits per heavy atom. The first-order valence-corrected chi connectivity index (χ1v) is 10.6. The summed E-state index contributed by atoms with van der Waals surface area (Å²) in [6.07, 6.45) is 6.21. The summed E-state index contributed by atoms with van der Waals surface area (Å²) in [5, 5.41) is 4.56. The summed E-state index contributed by atoms with van der Waals surface area (Å²) in [4.78, 5) is 37.0. The summed E-state index contributed by atoms with van der Waals surface area (Å²) in [7, 11) is 3.76. The van der Waals surface area contributed by atoms with Gasteiger partial charge in [0.2, 0.25) is 5.91 Å². The number of likely N-dealkylation sites (tertiary alicyclic amines) is 1.